The maximum Gasteiger partial charge on any atom is 0.165 e. The number of carbonyl (C=O) groups is 1. The van der Waals surface area contributed by atoms with E-state index in [4.69, 9.17) is 9.47 Å². The second-order valence-corrected chi connectivity index (χ2v) is 3.70. The molecule has 4 nitrogen and oxygen atoms in total. The van der Waals surface area contributed by atoms with E-state index in [1.807, 2.05) is 0 Å². The largest absolute Gasteiger partial charge is 0.493 e. The van der Waals surface area contributed by atoms with E-state index in [2.05, 4.69) is 0 Å². The number of hydrogen-bond acceptors (Lipinski definition) is 4. The number of aliphatic hydroxyl groups is 1. The first-order valence-electron chi connectivity index (χ1n) is 4.89. The molecule has 0 saturated carbocycles. The average molecular weight is 224 g/mol. The predicted octanol–water partition coefficient (Wildman–Crippen LogP) is 1.50. The Balaban J connectivity index is 3.23. The Hall–Kier alpha value is -1.55. The molecular weight excluding hydrogens is 208 g/mol. The van der Waals surface area contributed by atoms with E-state index >= 15 is 0 Å². The third-order valence-corrected chi connectivity index (χ3v) is 2.63. The molecule has 1 aromatic carbocycles. The summed E-state index contributed by atoms with van der Waals surface area (Å²) in [5.74, 6) is 0.729. The normalized spacial score (nSPS) is 14.1. The first kappa shape index (κ1) is 12.5. The van der Waals surface area contributed by atoms with E-state index in [9.17, 15) is 9.90 Å². The highest BCUT2D eigenvalue weighted by Gasteiger charge is 2.29. The van der Waals surface area contributed by atoms with Crippen molar-refractivity contribution in [2.75, 3.05) is 14.2 Å². The molecule has 0 aliphatic heterocycles. The molecule has 0 aliphatic rings. The van der Waals surface area contributed by atoms with E-state index in [0.29, 0.717) is 17.1 Å². The molecule has 0 saturated heterocycles. The molecule has 0 aliphatic carbocycles. The van der Waals surface area contributed by atoms with E-state index < -0.39 is 5.60 Å². The Kier molecular flexibility index (Phi) is 3.55. The van der Waals surface area contributed by atoms with Crippen molar-refractivity contribution in [1.29, 1.82) is 0 Å². The summed E-state index contributed by atoms with van der Waals surface area (Å²) in [6, 6.07) is 4.90. The lowest BCUT2D eigenvalue weighted by Crippen LogP contribution is -2.29. The van der Waals surface area contributed by atoms with Gasteiger partial charge in [0, 0.05) is 0 Å². The summed E-state index contributed by atoms with van der Waals surface area (Å²) in [6.45, 7) is 2.80. The van der Waals surface area contributed by atoms with Crippen molar-refractivity contribution in [1.82, 2.24) is 0 Å². The van der Waals surface area contributed by atoms with Crippen molar-refractivity contribution in [3.8, 4) is 11.5 Å². The van der Waals surface area contributed by atoms with E-state index in [1.54, 1.807) is 18.2 Å². The van der Waals surface area contributed by atoms with Crippen LogP contribution in [0.15, 0.2) is 18.2 Å². The van der Waals surface area contributed by atoms with Crippen LogP contribution in [0.2, 0.25) is 0 Å². The minimum Gasteiger partial charge on any atom is -0.493 e. The molecule has 1 N–H and O–H groups in total. The molecule has 0 fully saturated rings. The molecule has 0 heterocycles. The summed E-state index contributed by atoms with van der Waals surface area (Å²) < 4.78 is 10.2. The Morgan fingerprint density at radius 1 is 1.25 bits per heavy atom. The zero-order valence-corrected chi connectivity index (χ0v) is 9.90. The third-order valence-electron chi connectivity index (χ3n) is 2.63. The van der Waals surface area contributed by atoms with Gasteiger partial charge in [-0.05, 0) is 31.5 Å². The van der Waals surface area contributed by atoms with Crippen LogP contribution in [-0.4, -0.2) is 25.1 Å². The standard InChI is InChI=1S/C12H16O4/c1-8(13)12(2,14)9-5-6-10(15-3)11(7-9)16-4/h5-7,14H,1-4H3. The highest BCUT2D eigenvalue weighted by molar-refractivity contribution is 5.85. The molecule has 0 radical (unpaired) electrons. The van der Waals surface area contributed by atoms with Crippen LogP contribution < -0.4 is 9.47 Å². The number of ketones is 1. The summed E-state index contributed by atoms with van der Waals surface area (Å²) in [7, 11) is 3.03. The lowest BCUT2D eigenvalue weighted by Gasteiger charge is -2.21. The fraction of sp³-hybridized carbons (Fsp3) is 0.417. The van der Waals surface area contributed by atoms with Crippen LogP contribution in [0.1, 0.15) is 19.4 Å². The van der Waals surface area contributed by atoms with Crippen LogP contribution in [0, 0.1) is 0 Å². The third kappa shape index (κ3) is 2.17. The van der Waals surface area contributed by atoms with Crippen molar-refractivity contribution in [2.24, 2.45) is 0 Å². The summed E-state index contributed by atoms with van der Waals surface area (Å²) in [5, 5.41) is 10.0. The first-order valence-corrected chi connectivity index (χ1v) is 4.89. The maximum atomic E-state index is 11.3. The van der Waals surface area contributed by atoms with Crippen LogP contribution in [0.5, 0.6) is 11.5 Å². The molecular formula is C12H16O4. The van der Waals surface area contributed by atoms with Crippen LogP contribution in [0.3, 0.4) is 0 Å². The lowest BCUT2D eigenvalue weighted by molar-refractivity contribution is -0.134. The molecule has 1 aromatic rings. The number of methoxy groups -OCH3 is 2. The van der Waals surface area contributed by atoms with Gasteiger partial charge in [-0.15, -0.1) is 0 Å². The molecule has 0 amide bonds. The lowest BCUT2D eigenvalue weighted by atomic mass is 9.92. The zero-order chi connectivity index (χ0) is 12.3. The topological polar surface area (TPSA) is 55.8 Å². The molecule has 1 unspecified atom stereocenters. The van der Waals surface area contributed by atoms with Crippen molar-refractivity contribution in [2.45, 2.75) is 19.4 Å². The van der Waals surface area contributed by atoms with Gasteiger partial charge in [0.15, 0.2) is 17.3 Å². The second-order valence-electron chi connectivity index (χ2n) is 3.70. The Bertz CT molecular complexity index is 396. The van der Waals surface area contributed by atoms with Crippen LogP contribution in [0.25, 0.3) is 0 Å². The van der Waals surface area contributed by atoms with Crippen molar-refractivity contribution < 1.29 is 19.4 Å². The van der Waals surface area contributed by atoms with E-state index in [0.717, 1.165) is 0 Å². The molecule has 4 heteroatoms. The van der Waals surface area contributed by atoms with E-state index in [1.165, 1.54) is 28.1 Å². The molecule has 0 spiro atoms. The van der Waals surface area contributed by atoms with Crippen molar-refractivity contribution >= 4 is 5.78 Å². The van der Waals surface area contributed by atoms with Gasteiger partial charge < -0.3 is 14.6 Å². The highest BCUT2D eigenvalue weighted by atomic mass is 16.5. The van der Waals surface area contributed by atoms with Crippen molar-refractivity contribution in [3.05, 3.63) is 23.8 Å². The zero-order valence-electron chi connectivity index (χ0n) is 9.90. The van der Waals surface area contributed by atoms with Gasteiger partial charge in [-0.1, -0.05) is 6.07 Å². The maximum absolute atomic E-state index is 11.3. The van der Waals surface area contributed by atoms with Gasteiger partial charge in [0.25, 0.3) is 0 Å². The fourth-order valence-electron chi connectivity index (χ4n) is 1.34. The molecule has 0 aromatic heterocycles. The quantitative estimate of drug-likeness (QED) is 0.842. The minimum absolute atomic E-state index is 0.320. The summed E-state index contributed by atoms with van der Waals surface area (Å²) in [5.41, 5.74) is -1.02. The van der Waals surface area contributed by atoms with Gasteiger partial charge in [-0.25, -0.2) is 0 Å². The Labute approximate surface area is 94.8 Å². The van der Waals surface area contributed by atoms with Crippen LogP contribution >= 0.6 is 0 Å². The van der Waals surface area contributed by atoms with E-state index in [-0.39, 0.29) is 5.78 Å². The molecule has 16 heavy (non-hydrogen) atoms. The summed E-state index contributed by atoms with van der Waals surface area (Å²) in [4.78, 5) is 11.3. The number of rotatable bonds is 4. The summed E-state index contributed by atoms with van der Waals surface area (Å²) >= 11 is 0. The van der Waals surface area contributed by atoms with Gasteiger partial charge in [0.05, 0.1) is 14.2 Å². The SMILES string of the molecule is COc1ccc(C(C)(O)C(C)=O)cc1OC. The number of hydrogen-bond donors (Lipinski definition) is 1. The van der Waals surface area contributed by atoms with Crippen LogP contribution in [0.4, 0.5) is 0 Å². The summed E-state index contributed by atoms with van der Waals surface area (Å²) in [6.07, 6.45) is 0. The second kappa shape index (κ2) is 4.53. The molecule has 1 atom stereocenters. The van der Waals surface area contributed by atoms with Crippen molar-refractivity contribution in [3.63, 3.8) is 0 Å². The Morgan fingerprint density at radius 3 is 2.25 bits per heavy atom. The van der Waals surface area contributed by atoms with Gasteiger partial charge in [-0.2, -0.15) is 0 Å². The molecule has 0 bridgehead atoms. The Morgan fingerprint density at radius 2 is 1.81 bits per heavy atom. The van der Waals surface area contributed by atoms with Crippen LogP contribution in [-0.2, 0) is 10.4 Å². The van der Waals surface area contributed by atoms with Gasteiger partial charge >= 0.3 is 0 Å². The monoisotopic (exact) mass is 224 g/mol. The number of Topliss-reactive ketones (excluding diaryl/α,β-unsaturated/α-hetero) is 1. The van der Waals surface area contributed by atoms with Gasteiger partial charge in [0.1, 0.15) is 5.60 Å². The number of ether oxygens (including phenoxy) is 2. The number of carbonyl (C=O) groups excluding carboxylic acids is 1. The first-order chi connectivity index (χ1) is 7.43. The number of benzene rings is 1. The minimum atomic E-state index is -1.50. The average Bonchev–Trinajstić information content (AvgIpc) is 2.27. The molecule has 88 valence electrons. The predicted molar refractivity (Wildman–Crippen MR) is 59.8 cm³/mol. The fourth-order valence-corrected chi connectivity index (χ4v) is 1.34. The molecule has 1 rings (SSSR count). The van der Waals surface area contributed by atoms with Gasteiger partial charge in [0.2, 0.25) is 0 Å². The smallest absolute Gasteiger partial charge is 0.165 e. The highest BCUT2D eigenvalue weighted by Crippen LogP contribution is 2.32. The van der Waals surface area contributed by atoms with Gasteiger partial charge in [-0.3, -0.25) is 4.79 Å².